The number of aliphatic imine (C=N–C) groups is 1. The molecule has 1 aliphatic rings. The molecule has 0 spiro atoms. The van der Waals surface area contributed by atoms with Crippen LogP contribution in [0.25, 0.3) is 0 Å². The minimum absolute atomic E-state index is 0.0756. The van der Waals surface area contributed by atoms with Crippen LogP contribution in [0.5, 0.6) is 0 Å². The predicted molar refractivity (Wildman–Crippen MR) is 54.0 cm³/mol. The molecule has 70 valence electrons. The van der Waals surface area contributed by atoms with Gasteiger partial charge in [0.2, 0.25) is 5.78 Å². The number of hydrogen-bond donors (Lipinski definition) is 0. The third-order valence-electron chi connectivity index (χ3n) is 2.03. The summed E-state index contributed by atoms with van der Waals surface area (Å²) in [6, 6.07) is 4.81. The molecular formula is C10H6ClNO2. The maximum atomic E-state index is 11.2. The van der Waals surface area contributed by atoms with Crippen molar-refractivity contribution in [1.82, 2.24) is 0 Å². The van der Waals surface area contributed by atoms with Gasteiger partial charge in [-0.25, -0.2) is 0 Å². The van der Waals surface area contributed by atoms with Gasteiger partial charge >= 0.3 is 0 Å². The van der Waals surface area contributed by atoms with Crippen molar-refractivity contribution < 1.29 is 9.59 Å². The smallest absolute Gasteiger partial charge is 0.206 e. The lowest BCUT2D eigenvalue weighted by Gasteiger charge is -1.99. The molecule has 1 aliphatic heterocycles. The van der Waals surface area contributed by atoms with Crippen LogP contribution < -0.4 is 0 Å². The number of alkyl halides is 1. The van der Waals surface area contributed by atoms with Crippen molar-refractivity contribution in [2.45, 2.75) is 0 Å². The molecule has 1 heterocycles. The number of carbonyl (C=O) groups excluding carboxylic acids is 2. The fraction of sp³-hybridized carbons (Fsp3) is 0.100. The fourth-order valence-corrected chi connectivity index (χ4v) is 1.45. The first kappa shape index (κ1) is 9.09. The predicted octanol–water partition coefficient (Wildman–Crippen LogP) is 2.01. The Labute approximate surface area is 85.4 Å². The quantitative estimate of drug-likeness (QED) is 0.550. The first-order chi connectivity index (χ1) is 6.72. The second kappa shape index (κ2) is 3.35. The summed E-state index contributed by atoms with van der Waals surface area (Å²) in [7, 11) is 0. The van der Waals surface area contributed by atoms with Crippen LogP contribution in [0.15, 0.2) is 23.2 Å². The molecule has 0 radical (unpaired) electrons. The van der Waals surface area contributed by atoms with Crippen LogP contribution in [0.1, 0.15) is 20.7 Å². The maximum absolute atomic E-state index is 11.2. The van der Waals surface area contributed by atoms with Crippen LogP contribution >= 0.6 is 11.6 Å². The molecular weight excluding hydrogens is 202 g/mol. The minimum Gasteiger partial charge on any atom is -0.293 e. The van der Waals surface area contributed by atoms with Gasteiger partial charge in [-0.2, -0.15) is 0 Å². The monoisotopic (exact) mass is 207 g/mol. The average molecular weight is 208 g/mol. The lowest BCUT2D eigenvalue weighted by molar-refractivity contribution is 0.102. The van der Waals surface area contributed by atoms with E-state index < -0.39 is 0 Å². The summed E-state index contributed by atoms with van der Waals surface area (Å²) in [6.07, 6.45) is 1.25. The largest absolute Gasteiger partial charge is 0.293 e. The van der Waals surface area contributed by atoms with Crippen molar-refractivity contribution in [1.29, 1.82) is 0 Å². The van der Waals surface area contributed by atoms with E-state index in [2.05, 4.69) is 4.99 Å². The van der Waals surface area contributed by atoms with Gasteiger partial charge in [-0.3, -0.25) is 14.6 Å². The molecule has 0 N–H and O–H groups in total. The van der Waals surface area contributed by atoms with Gasteiger partial charge in [-0.05, 0) is 18.2 Å². The SMILES string of the molecule is O=C(CCl)c1ccc2c(c1)C(=O)C=N2. The Morgan fingerprint density at radius 2 is 2.21 bits per heavy atom. The van der Waals surface area contributed by atoms with Crippen molar-refractivity contribution in [3.8, 4) is 0 Å². The van der Waals surface area contributed by atoms with Gasteiger partial charge < -0.3 is 0 Å². The molecule has 0 saturated carbocycles. The summed E-state index contributed by atoms with van der Waals surface area (Å²) < 4.78 is 0. The topological polar surface area (TPSA) is 46.5 Å². The molecule has 14 heavy (non-hydrogen) atoms. The molecule has 0 aliphatic carbocycles. The van der Waals surface area contributed by atoms with Crippen molar-refractivity contribution in [3.05, 3.63) is 29.3 Å². The van der Waals surface area contributed by atoms with Gasteiger partial charge in [-0.15, -0.1) is 11.6 Å². The standard InChI is InChI=1S/C10H6ClNO2/c11-4-9(13)6-1-2-8-7(3-6)10(14)5-12-8/h1-3,5H,4H2. The summed E-state index contributed by atoms with van der Waals surface area (Å²) in [5.74, 6) is -0.424. The highest BCUT2D eigenvalue weighted by atomic mass is 35.5. The Morgan fingerprint density at radius 1 is 1.43 bits per heavy atom. The van der Waals surface area contributed by atoms with Crippen LogP contribution in [0.4, 0.5) is 5.69 Å². The molecule has 4 heteroatoms. The van der Waals surface area contributed by atoms with Gasteiger partial charge in [0.05, 0.1) is 17.8 Å². The highest BCUT2D eigenvalue weighted by Crippen LogP contribution is 2.25. The zero-order valence-corrected chi connectivity index (χ0v) is 7.91. The Kier molecular flexibility index (Phi) is 2.17. The van der Waals surface area contributed by atoms with Crippen LogP contribution in [-0.2, 0) is 0 Å². The summed E-state index contributed by atoms with van der Waals surface area (Å²) in [5.41, 5.74) is 1.54. The Balaban J connectivity index is 2.47. The van der Waals surface area contributed by atoms with E-state index in [1.807, 2.05) is 0 Å². The fourth-order valence-electron chi connectivity index (χ4n) is 1.29. The number of carbonyl (C=O) groups is 2. The first-order valence-corrected chi connectivity index (χ1v) is 4.57. The Hall–Kier alpha value is -1.48. The number of ketones is 2. The number of rotatable bonds is 2. The number of fused-ring (bicyclic) bond motifs is 1. The van der Waals surface area contributed by atoms with Crippen LogP contribution in [0.2, 0.25) is 0 Å². The van der Waals surface area contributed by atoms with Gasteiger partial charge in [0.25, 0.3) is 0 Å². The summed E-state index contributed by atoms with van der Waals surface area (Å²) in [6.45, 7) is 0. The zero-order chi connectivity index (χ0) is 10.1. The van der Waals surface area contributed by atoms with E-state index in [1.165, 1.54) is 12.3 Å². The molecule has 0 atom stereocenters. The van der Waals surface area contributed by atoms with Crippen LogP contribution in [0.3, 0.4) is 0 Å². The molecule has 3 nitrogen and oxygen atoms in total. The molecule has 0 fully saturated rings. The molecule has 0 aromatic heterocycles. The third kappa shape index (κ3) is 1.36. The molecule has 0 amide bonds. The number of hydrogen-bond acceptors (Lipinski definition) is 3. The van der Waals surface area contributed by atoms with E-state index in [0.717, 1.165) is 0 Å². The summed E-state index contributed by atoms with van der Waals surface area (Å²) in [5, 5.41) is 0. The lowest BCUT2D eigenvalue weighted by Crippen LogP contribution is -2.02. The van der Waals surface area contributed by atoms with Gasteiger partial charge in [0.15, 0.2) is 5.78 Å². The zero-order valence-electron chi connectivity index (χ0n) is 7.16. The lowest BCUT2D eigenvalue weighted by atomic mass is 10.1. The maximum Gasteiger partial charge on any atom is 0.206 e. The molecule has 2 rings (SSSR count). The van der Waals surface area contributed by atoms with E-state index >= 15 is 0 Å². The summed E-state index contributed by atoms with van der Waals surface area (Å²) >= 11 is 5.41. The van der Waals surface area contributed by atoms with Crippen LogP contribution in [-0.4, -0.2) is 23.7 Å². The second-order valence-corrected chi connectivity index (χ2v) is 3.18. The highest BCUT2D eigenvalue weighted by molar-refractivity contribution is 6.40. The first-order valence-electron chi connectivity index (χ1n) is 4.04. The number of benzene rings is 1. The van der Waals surface area contributed by atoms with E-state index in [-0.39, 0.29) is 17.4 Å². The van der Waals surface area contributed by atoms with Gasteiger partial charge in [0, 0.05) is 11.1 Å². The van der Waals surface area contributed by atoms with Crippen LogP contribution in [0, 0.1) is 0 Å². The number of nitrogens with zero attached hydrogens (tertiary/aromatic N) is 1. The number of halogens is 1. The van der Waals surface area contributed by atoms with E-state index in [4.69, 9.17) is 11.6 Å². The summed E-state index contributed by atoms with van der Waals surface area (Å²) in [4.78, 5) is 26.4. The average Bonchev–Trinajstić information content (AvgIpc) is 2.59. The van der Waals surface area contributed by atoms with Crippen molar-refractivity contribution in [3.63, 3.8) is 0 Å². The van der Waals surface area contributed by atoms with E-state index in [1.54, 1.807) is 12.1 Å². The second-order valence-electron chi connectivity index (χ2n) is 2.91. The molecule has 1 aromatic rings. The van der Waals surface area contributed by atoms with Gasteiger partial charge in [-0.1, -0.05) is 0 Å². The van der Waals surface area contributed by atoms with E-state index in [0.29, 0.717) is 16.8 Å². The molecule has 0 saturated heterocycles. The Morgan fingerprint density at radius 3 is 2.93 bits per heavy atom. The van der Waals surface area contributed by atoms with Crippen molar-refractivity contribution in [2.75, 3.05) is 5.88 Å². The van der Waals surface area contributed by atoms with Crippen molar-refractivity contribution in [2.24, 2.45) is 4.99 Å². The third-order valence-corrected chi connectivity index (χ3v) is 2.27. The normalized spacial score (nSPS) is 13.1. The number of Topliss-reactive ketones (excluding diaryl/α,β-unsaturated/α-hetero) is 2. The highest BCUT2D eigenvalue weighted by Gasteiger charge is 2.17. The van der Waals surface area contributed by atoms with Crippen molar-refractivity contribution >= 4 is 35.1 Å². The van der Waals surface area contributed by atoms with E-state index in [9.17, 15) is 9.59 Å². The minimum atomic E-state index is -0.186. The van der Waals surface area contributed by atoms with Gasteiger partial charge in [0.1, 0.15) is 0 Å². The molecule has 0 unspecified atom stereocenters. The Bertz CT molecular complexity index is 451. The molecule has 1 aromatic carbocycles. The molecule has 0 bridgehead atoms.